The van der Waals surface area contributed by atoms with Gasteiger partial charge in [0.25, 0.3) is 0 Å². The van der Waals surface area contributed by atoms with Gasteiger partial charge in [0.2, 0.25) is 0 Å². The molecule has 0 heterocycles. The van der Waals surface area contributed by atoms with Gasteiger partial charge < -0.3 is 5.73 Å². The predicted molar refractivity (Wildman–Crippen MR) is 54.6 cm³/mol. The lowest BCUT2D eigenvalue weighted by Gasteiger charge is -1.77. The van der Waals surface area contributed by atoms with Gasteiger partial charge in [-0.1, -0.05) is 42.5 Å². The standard InChI is InChI=1S/C11H16N/c1-2-3-4-5-6-7-8-9-10-11-12/h2-3,5-8,10H,4,11-12H2,1H3. The van der Waals surface area contributed by atoms with Gasteiger partial charge >= 0.3 is 0 Å². The van der Waals surface area contributed by atoms with Crippen molar-refractivity contribution in [1.82, 2.24) is 0 Å². The zero-order valence-electron chi connectivity index (χ0n) is 7.53. The Balaban J connectivity index is 3.45. The molecule has 0 saturated heterocycles. The van der Waals surface area contributed by atoms with Crippen LogP contribution < -0.4 is 5.73 Å². The first-order valence-corrected chi connectivity index (χ1v) is 4.12. The van der Waals surface area contributed by atoms with Gasteiger partial charge in [-0.3, -0.25) is 0 Å². The summed E-state index contributed by atoms with van der Waals surface area (Å²) in [5.41, 5.74) is 5.23. The molecule has 1 radical (unpaired) electrons. The Labute approximate surface area is 75.0 Å². The Morgan fingerprint density at radius 2 is 2.08 bits per heavy atom. The molecule has 1 heteroatoms. The summed E-state index contributed by atoms with van der Waals surface area (Å²) in [5, 5.41) is 0. The monoisotopic (exact) mass is 162 g/mol. The van der Waals surface area contributed by atoms with Crippen molar-refractivity contribution >= 4 is 0 Å². The van der Waals surface area contributed by atoms with Crippen molar-refractivity contribution in [3.63, 3.8) is 0 Å². The van der Waals surface area contributed by atoms with Crippen LogP contribution in [-0.4, -0.2) is 6.54 Å². The van der Waals surface area contributed by atoms with Gasteiger partial charge in [-0.05, 0) is 19.4 Å². The van der Waals surface area contributed by atoms with Crippen LogP contribution >= 0.6 is 0 Å². The Bertz CT molecular complexity index is 185. The molecular weight excluding hydrogens is 146 g/mol. The van der Waals surface area contributed by atoms with Crippen LogP contribution in [0.3, 0.4) is 0 Å². The first-order valence-electron chi connectivity index (χ1n) is 4.12. The Morgan fingerprint density at radius 3 is 2.75 bits per heavy atom. The second kappa shape index (κ2) is 9.92. The number of nitrogens with two attached hydrogens (primary N) is 1. The molecule has 0 aromatic rings. The highest BCUT2D eigenvalue weighted by Crippen LogP contribution is 1.86. The zero-order chi connectivity index (χ0) is 9.07. The Hall–Kier alpha value is -1.08. The second-order valence-electron chi connectivity index (χ2n) is 2.20. The summed E-state index contributed by atoms with van der Waals surface area (Å²) in [6.07, 6.45) is 17.7. The molecule has 0 bridgehead atoms. The van der Waals surface area contributed by atoms with Crippen LogP contribution in [0.5, 0.6) is 0 Å². The van der Waals surface area contributed by atoms with E-state index in [1.165, 1.54) is 0 Å². The van der Waals surface area contributed by atoms with Gasteiger partial charge in [0.1, 0.15) is 0 Å². The van der Waals surface area contributed by atoms with Crippen molar-refractivity contribution in [1.29, 1.82) is 0 Å². The molecule has 12 heavy (non-hydrogen) atoms. The molecule has 0 aliphatic heterocycles. The Morgan fingerprint density at radius 1 is 1.25 bits per heavy atom. The van der Waals surface area contributed by atoms with Crippen LogP contribution in [0.2, 0.25) is 0 Å². The maximum atomic E-state index is 5.23. The first-order chi connectivity index (χ1) is 5.91. The fourth-order valence-corrected chi connectivity index (χ4v) is 0.619. The third-order valence-corrected chi connectivity index (χ3v) is 1.18. The SMILES string of the molecule is CC=CCC=CC=C[C]=CCN. The molecule has 0 saturated carbocycles. The predicted octanol–water partition coefficient (Wildman–Crippen LogP) is 2.38. The lowest BCUT2D eigenvalue weighted by Crippen LogP contribution is -1.91. The lowest BCUT2D eigenvalue weighted by molar-refractivity contribution is 1.25. The second-order valence-corrected chi connectivity index (χ2v) is 2.20. The summed E-state index contributed by atoms with van der Waals surface area (Å²) in [5.74, 6) is 0. The molecule has 0 atom stereocenters. The first kappa shape index (κ1) is 10.9. The van der Waals surface area contributed by atoms with Crippen molar-refractivity contribution < 1.29 is 0 Å². The van der Waals surface area contributed by atoms with Gasteiger partial charge in [0.15, 0.2) is 0 Å². The zero-order valence-corrected chi connectivity index (χ0v) is 7.53. The molecular formula is C11H16N. The van der Waals surface area contributed by atoms with E-state index in [1.54, 1.807) is 6.08 Å². The number of allylic oxidation sites excluding steroid dienone is 7. The van der Waals surface area contributed by atoms with Gasteiger partial charge in [0.05, 0.1) is 0 Å². The molecule has 0 unspecified atom stereocenters. The van der Waals surface area contributed by atoms with Crippen molar-refractivity contribution in [3.05, 3.63) is 48.6 Å². The van der Waals surface area contributed by atoms with Crippen LogP contribution in [0.1, 0.15) is 13.3 Å². The highest BCUT2D eigenvalue weighted by molar-refractivity contribution is 5.08. The van der Waals surface area contributed by atoms with E-state index in [4.69, 9.17) is 5.73 Å². The van der Waals surface area contributed by atoms with Gasteiger partial charge in [-0.15, -0.1) is 0 Å². The molecule has 0 rings (SSSR count). The fraction of sp³-hybridized carbons (Fsp3) is 0.273. The molecule has 0 amide bonds. The molecule has 0 aliphatic carbocycles. The number of rotatable bonds is 5. The average Bonchev–Trinajstić information content (AvgIpc) is 2.10. The summed E-state index contributed by atoms with van der Waals surface area (Å²) in [6.45, 7) is 2.56. The van der Waals surface area contributed by atoms with Crippen LogP contribution in [0.4, 0.5) is 0 Å². The minimum atomic E-state index is 0.548. The molecule has 2 N–H and O–H groups in total. The van der Waals surface area contributed by atoms with Crippen LogP contribution in [-0.2, 0) is 0 Å². The molecule has 0 fully saturated rings. The van der Waals surface area contributed by atoms with E-state index in [-0.39, 0.29) is 0 Å². The van der Waals surface area contributed by atoms with Crippen molar-refractivity contribution in [3.8, 4) is 0 Å². The largest absolute Gasteiger partial charge is 0.327 e. The van der Waals surface area contributed by atoms with E-state index >= 15 is 0 Å². The maximum absolute atomic E-state index is 5.23. The van der Waals surface area contributed by atoms with Gasteiger partial charge in [-0.2, -0.15) is 0 Å². The maximum Gasteiger partial charge on any atom is 0.0115 e. The van der Waals surface area contributed by atoms with Crippen molar-refractivity contribution in [2.45, 2.75) is 13.3 Å². The Kier molecular flexibility index (Phi) is 9.03. The van der Waals surface area contributed by atoms with Crippen molar-refractivity contribution in [2.75, 3.05) is 6.54 Å². The summed E-state index contributed by atoms with van der Waals surface area (Å²) in [6, 6.07) is 0. The highest BCUT2D eigenvalue weighted by atomic mass is 14.5. The minimum Gasteiger partial charge on any atom is -0.327 e. The smallest absolute Gasteiger partial charge is 0.0115 e. The molecule has 0 aromatic heterocycles. The van der Waals surface area contributed by atoms with E-state index in [0.29, 0.717) is 6.54 Å². The summed E-state index contributed by atoms with van der Waals surface area (Å²) >= 11 is 0. The van der Waals surface area contributed by atoms with E-state index < -0.39 is 0 Å². The number of hydrogen-bond acceptors (Lipinski definition) is 1. The van der Waals surface area contributed by atoms with Gasteiger partial charge in [0, 0.05) is 6.54 Å². The van der Waals surface area contributed by atoms with Gasteiger partial charge in [-0.25, -0.2) is 0 Å². The minimum absolute atomic E-state index is 0.548. The summed E-state index contributed by atoms with van der Waals surface area (Å²) < 4.78 is 0. The molecule has 65 valence electrons. The van der Waals surface area contributed by atoms with E-state index in [0.717, 1.165) is 6.42 Å². The summed E-state index contributed by atoms with van der Waals surface area (Å²) in [7, 11) is 0. The average molecular weight is 162 g/mol. The summed E-state index contributed by atoms with van der Waals surface area (Å²) in [4.78, 5) is 0. The third-order valence-electron chi connectivity index (χ3n) is 1.18. The molecule has 0 aliphatic rings. The normalized spacial score (nSPS) is 13.2. The molecule has 0 spiro atoms. The topological polar surface area (TPSA) is 26.0 Å². The third kappa shape index (κ3) is 8.92. The fourth-order valence-electron chi connectivity index (χ4n) is 0.619. The van der Waals surface area contributed by atoms with E-state index in [9.17, 15) is 0 Å². The van der Waals surface area contributed by atoms with E-state index in [1.807, 2.05) is 31.2 Å². The number of hydrogen-bond donors (Lipinski definition) is 1. The highest BCUT2D eigenvalue weighted by Gasteiger charge is 1.66. The lowest BCUT2D eigenvalue weighted by atomic mass is 10.3. The molecule has 0 aromatic carbocycles. The van der Waals surface area contributed by atoms with Crippen LogP contribution in [0.25, 0.3) is 0 Å². The van der Waals surface area contributed by atoms with Crippen LogP contribution in [0, 0.1) is 6.08 Å². The van der Waals surface area contributed by atoms with Crippen molar-refractivity contribution in [2.24, 2.45) is 5.73 Å². The quantitative estimate of drug-likeness (QED) is 0.487. The van der Waals surface area contributed by atoms with Crippen LogP contribution in [0.15, 0.2) is 42.5 Å². The molecule has 1 nitrogen and oxygen atoms in total. The van der Waals surface area contributed by atoms with E-state index in [2.05, 4.69) is 18.2 Å².